The molecule has 0 bridgehead atoms. The van der Waals surface area contributed by atoms with Crippen LogP contribution in [-0.4, -0.2) is 52.7 Å². The summed E-state index contributed by atoms with van der Waals surface area (Å²) in [5.74, 6) is 6.38. The molecule has 2 aliphatic rings. The number of carbonyl (C=O) groups excluding carboxylic acids is 2. The van der Waals surface area contributed by atoms with Crippen molar-refractivity contribution in [3.8, 4) is 17.6 Å². The Morgan fingerprint density at radius 3 is 2.55 bits per heavy atom. The lowest BCUT2D eigenvalue weighted by molar-refractivity contribution is -0.123. The molecule has 0 fully saturated rings. The zero-order valence-corrected chi connectivity index (χ0v) is 23.0. The van der Waals surface area contributed by atoms with Crippen molar-refractivity contribution in [1.29, 1.82) is 0 Å². The number of hydrogen-bond donors (Lipinski definition) is 0. The number of benzene rings is 3. The number of ether oxygens (including phenoxy) is 1. The number of likely N-dealkylation sites (N-methyl/N-ethyl adjacent to an activating group) is 1. The Hall–Kier alpha value is -4.54. The van der Waals surface area contributed by atoms with E-state index in [2.05, 4.69) is 16.9 Å². The fourth-order valence-electron chi connectivity index (χ4n) is 5.15. The van der Waals surface area contributed by atoms with Crippen LogP contribution >= 0.6 is 11.6 Å². The van der Waals surface area contributed by atoms with Gasteiger partial charge in [0, 0.05) is 30.3 Å². The standard InChI is InChI=1S/C32H27ClN4O3/c1-21-7-6-10-22(17-21)11-12-23-13-14-28-26(18-23)35(2)31(38)27(20-40-28)36-16-15-25-29(32(36)39)34-37(30(25)33)19-24-8-4-3-5-9-24/h3-10,13-14,17-18,27H,15-16,19-20H2,1-2H3/t27-/m1/s1. The number of fused-ring (bicyclic) bond motifs is 2. The summed E-state index contributed by atoms with van der Waals surface area (Å²) in [6.07, 6.45) is 0.508. The molecule has 2 aliphatic heterocycles. The van der Waals surface area contributed by atoms with E-state index in [0.717, 1.165) is 22.3 Å². The molecule has 0 spiro atoms. The first-order chi connectivity index (χ1) is 19.4. The molecule has 3 aromatic carbocycles. The van der Waals surface area contributed by atoms with Crippen molar-refractivity contribution in [3.05, 3.63) is 111 Å². The average Bonchev–Trinajstić information content (AvgIpc) is 3.22. The van der Waals surface area contributed by atoms with Gasteiger partial charge in [0.15, 0.2) is 5.69 Å². The number of aryl methyl sites for hydroxylation is 1. The third-order valence-corrected chi connectivity index (χ3v) is 7.72. The molecule has 1 atom stereocenters. The van der Waals surface area contributed by atoms with Gasteiger partial charge >= 0.3 is 0 Å². The zero-order chi connectivity index (χ0) is 27.8. The lowest BCUT2D eigenvalue weighted by Crippen LogP contribution is -2.54. The molecule has 1 aromatic heterocycles. The minimum Gasteiger partial charge on any atom is -0.489 e. The molecule has 0 unspecified atom stereocenters. The first-order valence-corrected chi connectivity index (χ1v) is 13.5. The molecular weight excluding hydrogens is 524 g/mol. The van der Waals surface area contributed by atoms with E-state index < -0.39 is 6.04 Å². The summed E-state index contributed by atoms with van der Waals surface area (Å²) < 4.78 is 7.73. The molecule has 2 amide bonds. The minimum atomic E-state index is -0.794. The summed E-state index contributed by atoms with van der Waals surface area (Å²) in [6, 6.07) is 22.6. The quantitative estimate of drug-likeness (QED) is 0.346. The Bertz CT molecular complexity index is 1690. The van der Waals surface area contributed by atoms with Crippen molar-refractivity contribution in [3.63, 3.8) is 0 Å². The summed E-state index contributed by atoms with van der Waals surface area (Å²) in [4.78, 5) is 30.4. The molecule has 0 aliphatic carbocycles. The first-order valence-electron chi connectivity index (χ1n) is 13.1. The number of carbonyl (C=O) groups is 2. The summed E-state index contributed by atoms with van der Waals surface area (Å²) in [5.41, 5.74) is 5.48. The molecule has 0 N–H and O–H groups in total. The van der Waals surface area contributed by atoms with Crippen molar-refractivity contribution in [2.45, 2.75) is 25.9 Å². The third kappa shape index (κ3) is 4.83. The smallest absolute Gasteiger partial charge is 0.275 e. The number of nitrogens with zero attached hydrogens (tertiary/aromatic N) is 4. The van der Waals surface area contributed by atoms with Crippen LogP contribution in [0.5, 0.6) is 5.75 Å². The van der Waals surface area contributed by atoms with Crippen LogP contribution in [0.3, 0.4) is 0 Å². The van der Waals surface area contributed by atoms with Gasteiger partial charge in [-0.15, -0.1) is 0 Å². The lowest BCUT2D eigenvalue weighted by atomic mass is 10.0. The molecule has 40 heavy (non-hydrogen) atoms. The normalized spacial score (nSPS) is 16.4. The van der Waals surface area contributed by atoms with E-state index in [9.17, 15) is 9.59 Å². The SMILES string of the molecule is Cc1cccc(C#Cc2ccc3c(c2)N(C)C(=O)[C@H](N2CCc4c(nn(Cc5ccccc5)c4Cl)C2=O)CO3)c1. The molecule has 4 aromatic rings. The molecule has 6 rings (SSSR count). The summed E-state index contributed by atoms with van der Waals surface area (Å²) >= 11 is 6.64. The second-order valence-electron chi connectivity index (χ2n) is 10.0. The van der Waals surface area contributed by atoms with Gasteiger partial charge < -0.3 is 14.5 Å². The highest BCUT2D eigenvalue weighted by atomic mass is 35.5. The molecule has 0 saturated carbocycles. The van der Waals surface area contributed by atoms with Gasteiger partial charge in [0.05, 0.1) is 12.2 Å². The number of aromatic nitrogens is 2. The van der Waals surface area contributed by atoms with E-state index in [1.54, 1.807) is 21.5 Å². The van der Waals surface area contributed by atoms with Gasteiger partial charge in [-0.25, -0.2) is 4.68 Å². The van der Waals surface area contributed by atoms with Crippen LogP contribution in [0.2, 0.25) is 5.15 Å². The Balaban J connectivity index is 1.23. The van der Waals surface area contributed by atoms with E-state index in [4.69, 9.17) is 16.3 Å². The average molecular weight is 551 g/mol. The minimum absolute atomic E-state index is 0.0457. The van der Waals surface area contributed by atoms with E-state index in [1.165, 1.54) is 0 Å². The molecular formula is C32H27ClN4O3. The second-order valence-corrected chi connectivity index (χ2v) is 10.4. The van der Waals surface area contributed by atoms with E-state index in [0.29, 0.717) is 41.7 Å². The maximum absolute atomic E-state index is 13.7. The van der Waals surface area contributed by atoms with Crippen molar-refractivity contribution < 1.29 is 14.3 Å². The van der Waals surface area contributed by atoms with Crippen LogP contribution in [-0.2, 0) is 17.8 Å². The molecule has 0 saturated heterocycles. The predicted molar refractivity (Wildman–Crippen MR) is 154 cm³/mol. The fraction of sp³-hybridized carbons (Fsp3) is 0.219. The molecule has 200 valence electrons. The van der Waals surface area contributed by atoms with E-state index in [1.807, 2.05) is 79.7 Å². The van der Waals surface area contributed by atoms with Gasteiger partial charge in [-0.3, -0.25) is 9.59 Å². The van der Waals surface area contributed by atoms with Crippen LogP contribution in [0, 0.1) is 18.8 Å². The first kappa shape index (κ1) is 25.7. The van der Waals surface area contributed by atoms with Gasteiger partial charge in [0.2, 0.25) is 0 Å². The van der Waals surface area contributed by atoms with Crippen molar-refractivity contribution >= 4 is 29.1 Å². The number of amides is 2. The van der Waals surface area contributed by atoms with Gasteiger partial charge in [0.1, 0.15) is 23.6 Å². The lowest BCUT2D eigenvalue weighted by Gasteiger charge is -2.33. The summed E-state index contributed by atoms with van der Waals surface area (Å²) in [6.45, 7) is 2.88. The van der Waals surface area contributed by atoms with Crippen molar-refractivity contribution in [2.24, 2.45) is 0 Å². The van der Waals surface area contributed by atoms with Crippen molar-refractivity contribution in [2.75, 3.05) is 25.1 Å². The van der Waals surface area contributed by atoms with Gasteiger partial charge in [0.25, 0.3) is 11.8 Å². The largest absolute Gasteiger partial charge is 0.489 e. The number of halogens is 1. The maximum Gasteiger partial charge on any atom is 0.275 e. The van der Waals surface area contributed by atoms with Crippen LogP contribution in [0.4, 0.5) is 5.69 Å². The molecule has 8 heteroatoms. The Kier molecular flexibility index (Phi) is 6.79. The van der Waals surface area contributed by atoms with E-state index >= 15 is 0 Å². The Morgan fingerprint density at radius 1 is 1.00 bits per heavy atom. The Morgan fingerprint density at radius 2 is 1.77 bits per heavy atom. The second kappa shape index (κ2) is 10.6. The summed E-state index contributed by atoms with van der Waals surface area (Å²) in [5, 5.41) is 5.01. The molecule has 0 radical (unpaired) electrons. The highest BCUT2D eigenvalue weighted by molar-refractivity contribution is 6.31. The Labute approximate surface area is 237 Å². The highest BCUT2D eigenvalue weighted by Crippen LogP contribution is 2.34. The van der Waals surface area contributed by atoms with Crippen LogP contribution in [0.1, 0.15) is 38.3 Å². The van der Waals surface area contributed by atoms with E-state index in [-0.39, 0.29) is 24.1 Å². The number of rotatable bonds is 3. The van der Waals surface area contributed by atoms with Crippen LogP contribution in [0.25, 0.3) is 0 Å². The fourth-order valence-corrected chi connectivity index (χ4v) is 5.43. The predicted octanol–water partition coefficient (Wildman–Crippen LogP) is 4.72. The monoisotopic (exact) mass is 550 g/mol. The van der Waals surface area contributed by atoms with Crippen LogP contribution < -0.4 is 9.64 Å². The van der Waals surface area contributed by atoms with Gasteiger partial charge in [-0.2, -0.15) is 5.10 Å². The number of anilines is 1. The maximum atomic E-state index is 13.7. The highest BCUT2D eigenvalue weighted by Gasteiger charge is 2.40. The topological polar surface area (TPSA) is 67.7 Å². The third-order valence-electron chi connectivity index (χ3n) is 7.30. The van der Waals surface area contributed by atoms with Crippen LogP contribution in [0.15, 0.2) is 72.8 Å². The zero-order valence-electron chi connectivity index (χ0n) is 22.2. The molecule has 3 heterocycles. The number of hydrogen-bond acceptors (Lipinski definition) is 4. The summed E-state index contributed by atoms with van der Waals surface area (Å²) in [7, 11) is 1.70. The van der Waals surface area contributed by atoms with Gasteiger partial charge in [-0.1, -0.05) is 65.9 Å². The molecule has 7 nitrogen and oxygen atoms in total. The van der Waals surface area contributed by atoms with Gasteiger partial charge in [-0.05, 0) is 54.8 Å². The van der Waals surface area contributed by atoms with Crippen molar-refractivity contribution in [1.82, 2.24) is 14.7 Å².